The number of nitrogens with one attached hydrogen (secondary N) is 1. The molecule has 1 amide bonds. The number of aryl methyl sites for hydroxylation is 1. The van der Waals surface area contributed by atoms with E-state index in [1.807, 2.05) is 48.5 Å². The minimum atomic E-state index is -0.0613. The molecule has 0 saturated carbocycles. The molecule has 2 aromatic carbocycles. The van der Waals surface area contributed by atoms with Crippen molar-refractivity contribution in [2.75, 3.05) is 0 Å². The van der Waals surface area contributed by atoms with Gasteiger partial charge in [-0.1, -0.05) is 69.4 Å². The van der Waals surface area contributed by atoms with Crippen molar-refractivity contribution in [3.8, 4) is 0 Å². The van der Waals surface area contributed by atoms with Gasteiger partial charge in [-0.2, -0.15) is 0 Å². The minimum absolute atomic E-state index is 0.0613. The molecule has 0 aliphatic carbocycles. The highest BCUT2D eigenvalue weighted by Crippen LogP contribution is 2.18. The lowest BCUT2D eigenvalue weighted by Crippen LogP contribution is -2.24. The number of fused-ring (bicyclic) bond motifs is 1. The number of carbonyl (C=O) groups excluding carboxylic acids is 1. The summed E-state index contributed by atoms with van der Waals surface area (Å²) in [6, 6.07) is 17.5. The average Bonchev–Trinajstić information content (AvgIpc) is 3.07. The normalized spacial score (nSPS) is 11.0. The number of nitrogens with zero attached hydrogens (tertiary/aromatic N) is 2. The fraction of sp³-hybridized carbons (Fsp3) is 0.391. The van der Waals surface area contributed by atoms with Crippen molar-refractivity contribution in [2.45, 2.75) is 58.5 Å². The van der Waals surface area contributed by atoms with Crippen LogP contribution in [0.5, 0.6) is 0 Å². The second-order valence-corrected chi connectivity index (χ2v) is 6.98. The Labute approximate surface area is 161 Å². The molecular formula is C23H29N3O. The molecule has 0 fully saturated rings. The molecule has 0 saturated heterocycles. The summed E-state index contributed by atoms with van der Waals surface area (Å²) in [6.07, 6.45) is 7.59. The highest BCUT2D eigenvalue weighted by atomic mass is 16.1. The topological polar surface area (TPSA) is 46.9 Å². The molecule has 0 unspecified atom stereocenters. The Morgan fingerprint density at radius 3 is 2.44 bits per heavy atom. The molecule has 0 atom stereocenters. The molecule has 0 aliphatic rings. The lowest BCUT2D eigenvalue weighted by molar-refractivity contribution is 0.0949. The predicted molar refractivity (Wildman–Crippen MR) is 111 cm³/mol. The molecule has 0 aliphatic heterocycles. The SMILES string of the molecule is CCCCCCCCn1c(CNC(=O)c2ccccc2)nc2ccccc21. The van der Waals surface area contributed by atoms with Gasteiger partial charge in [0.05, 0.1) is 17.6 Å². The molecule has 1 N–H and O–H groups in total. The molecule has 0 spiro atoms. The highest BCUT2D eigenvalue weighted by molar-refractivity contribution is 5.94. The van der Waals surface area contributed by atoms with Crippen LogP contribution in [-0.4, -0.2) is 15.5 Å². The van der Waals surface area contributed by atoms with Gasteiger partial charge in [0.2, 0.25) is 0 Å². The van der Waals surface area contributed by atoms with Crippen LogP contribution in [-0.2, 0) is 13.1 Å². The van der Waals surface area contributed by atoms with E-state index in [9.17, 15) is 4.79 Å². The monoisotopic (exact) mass is 363 g/mol. The molecule has 3 rings (SSSR count). The van der Waals surface area contributed by atoms with E-state index < -0.39 is 0 Å². The van der Waals surface area contributed by atoms with Gasteiger partial charge >= 0.3 is 0 Å². The van der Waals surface area contributed by atoms with Gasteiger partial charge in [0.25, 0.3) is 5.91 Å². The molecule has 27 heavy (non-hydrogen) atoms. The Kier molecular flexibility index (Phi) is 7.03. The standard InChI is InChI=1S/C23H29N3O/c1-2-3-4-5-6-12-17-26-21-16-11-10-15-20(21)25-22(26)18-24-23(27)19-13-8-7-9-14-19/h7-11,13-16H,2-6,12,17-18H2,1H3,(H,24,27). The van der Waals surface area contributed by atoms with Crippen LogP contribution in [0.15, 0.2) is 54.6 Å². The van der Waals surface area contributed by atoms with Gasteiger partial charge in [-0.05, 0) is 30.7 Å². The van der Waals surface area contributed by atoms with Gasteiger partial charge < -0.3 is 9.88 Å². The summed E-state index contributed by atoms with van der Waals surface area (Å²) >= 11 is 0. The van der Waals surface area contributed by atoms with Crippen LogP contribution in [0.1, 0.15) is 61.6 Å². The van der Waals surface area contributed by atoms with Crippen LogP contribution in [0.3, 0.4) is 0 Å². The van der Waals surface area contributed by atoms with Gasteiger partial charge in [-0.15, -0.1) is 0 Å². The van der Waals surface area contributed by atoms with Crippen LogP contribution in [0.25, 0.3) is 11.0 Å². The van der Waals surface area contributed by atoms with Gasteiger partial charge in [0.15, 0.2) is 0 Å². The quantitative estimate of drug-likeness (QED) is 0.495. The first-order valence-electron chi connectivity index (χ1n) is 10.1. The van der Waals surface area contributed by atoms with Crippen LogP contribution < -0.4 is 5.32 Å². The number of imidazole rings is 1. The molecule has 4 nitrogen and oxygen atoms in total. The Morgan fingerprint density at radius 1 is 0.926 bits per heavy atom. The number of unbranched alkanes of at least 4 members (excludes halogenated alkanes) is 5. The van der Waals surface area contributed by atoms with E-state index in [-0.39, 0.29) is 5.91 Å². The first kappa shape index (κ1) is 19.2. The first-order valence-corrected chi connectivity index (χ1v) is 10.1. The third-order valence-electron chi connectivity index (χ3n) is 4.91. The maximum Gasteiger partial charge on any atom is 0.251 e. The van der Waals surface area contributed by atoms with E-state index >= 15 is 0 Å². The predicted octanol–water partition coefficient (Wildman–Crippen LogP) is 5.33. The average molecular weight is 364 g/mol. The Morgan fingerprint density at radius 2 is 1.63 bits per heavy atom. The van der Waals surface area contributed by atoms with E-state index in [1.54, 1.807) is 0 Å². The number of hydrogen-bond acceptors (Lipinski definition) is 2. The lowest BCUT2D eigenvalue weighted by atomic mass is 10.1. The van der Waals surface area contributed by atoms with Crippen molar-refractivity contribution in [1.29, 1.82) is 0 Å². The van der Waals surface area contributed by atoms with E-state index in [0.717, 1.165) is 29.8 Å². The fourth-order valence-corrected chi connectivity index (χ4v) is 3.41. The lowest BCUT2D eigenvalue weighted by Gasteiger charge is -2.10. The third-order valence-corrected chi connectivity index (χ3v) is 4.91. The number of hydrogen-bond donors (Lipinski definition) is 1. The van der Waals surface area contributed by atoms with Crippen molar-refractivity contribution < 1.29 is 4.79 Å². The largest absolute Gasteiger partial charge is 0.345 e. The van der Waals surface area contributed by atoms with Crippen molar-refractivity contribution in [3.05, 3.63) is 66.0 Å². The smallest absolute Gasteiger partial charge is 0.251 e. The van der Waals surface area contributed by atoms with Crippen LogP contribution >= 0.6 is 0 Å². The second kappa shape index (κ2) is 9.91. The summed E-state index contributed by atoms with van der Waals surface area (Å²) in [5.74, 6) is 0.864. The maximum atomic E-state index is 12.4. The summed E-state index contributed by atoms with van der Waals surface area (Å²) in [5, 5.41) is 3.01. The molecular weight excluding hydrogens is 334 g/mol. The molecule has 0 radical (unpaired) electrons. The number of rotatable bonds is 10. The Bertz CT molecular complexity index is 854. The van der Waals surface area contributed by atoms with Gasteiger partial charge in [-0.3, -0.25) is 4.79 Å². The van der Waals surface area contributed by atoms with E-state index in [1.165, 1.54) is 32.1 Å². The van der Waals surface area contributed by atoms with Crippen LogP contribution in [0.2, 0.25) is 0 Å². The Hall–Kier alpha value is -2.62. The fourth-order valence-electron chi connectivity index (χ4n) is 3.41. The Balaban J connectivity index is 1.66. The number of para-hydroxylation sites is 2. The summed E-state index contributed by atoms with van der Waals surface area (Å²) in [5.41, 5.74) is 2.82. The number of amides is 1. The van der Waals surface area contributed by atoms with Crippen molar-refractivity contribution in [2.24, 2.45) is 0 Å². The number of carbonyl (C=O) groups is 1. The van der Waals surface area contributed by atoms with Crippen LogP contribution in [0.4, 0.5) is 0 Å². The zero-order chi connectivity index (χ0) is 18.9. The number of aromatic nitrogens is 2. The van der Waals surface area contributed by atoms with E-state index in [0.29, 0.717) is 12.1 Å². The van der Waals surface area contributed by atoms with Crippen molar-refractivity contribution >= 4 is 16.9 Å². The highest BCUT2D eigenvalue weighted by Gasteiger charge is 2.12. The van der Waals surface area contributed by atoms with E-state index in [2.05, 4.69) is 22.9 Å². The summed E-state index contributed by atoms with van der Waals surface area (Å²) in [7, 11) is 0. The summed E-state index contributed by atoms with van der Waals surface area (Å²) in [4.78, 5) is 17.1. The third kappa shape index (κ3) is 5.19. The molecule has 0 bridgehead atoms. The van der Waals surface area contributed by atoms with Crippen molar-refractivity contribution in [3.63, 3.8) is 0 Å². The molecule has 4 heteroatoms. The first-order chi connectivity index (χ1) is 13.3. The van der Waals surface area contributed by atoms with Gasteiger partial charge in [0, 0.05) is 12.1 Å². The molecule has 1 aromatic heterocycles. The zero-order valence-electron chi connectivity index (χ0n) is 16.2. The zero-order valence-corrected chi connectivity index (χ0v) is 16.2. The maximum absolute atomic E-state index is 12.4. The van der Waals surface area contributed by atoms with Crippen LogP contribution in [0, 0.1) is 0 Å². The summed E-state index contributed by atoms with van der Waals surface area (Å²) in [6.45, 7) is 3.63. The second-order valence-electron chi connectivity index (χ2n) is 6.98. The molecule has 142 valence electrons. The van der Waals surface area contributed by atoms with Gasteiger partial charge in [-0.25, -0.2) is 4.98 Å². The minimum Gasteiger partial charge on any atom is -0.345 e. The molecule has 3 aromatic rings. The molecule has 1 heterocycles. The summed E-state index contributed by atoms with van der Waals surface area (Å²) < 4.78 is 2.26. The number of benzene rings is 2. The van der Waals surface area contributed by atoms with Crippen molar-refractivity contribution in [1.82, 2.24) is 14.9 Å². The van der Waals surface area contributed by atoms with E-state index in [4.69, 9.17) is 4.98 Å². The van der Waals surface area contributed by atoms with Gasteiger partial charge in [0.1, 0.15) is 5.82 Å².